The van der Waals surface area contributed by atoms with Crippen molar-refractivity contribution in [3.8, 4) is 11.5 Å². The fraction of sp³-hybridized carbons (Fsp3) is 0.278. The van der Waals surface area contributed by atoms with Crippen LogP contribution < -0.4 is 0 Å². The smallest absolute Gasteiger partial charge is 0.202 e. The van der Waals surface area contributed by atoms with Gasteiger partial charge in [0.15, 0.2) is 5.76 Å². The molecule has 0 aromatic carbocycles. The van der Waals surface area contributed by atoms with E-state index in [1.807, 2.05) is 29.5 Å². The van der Waals surface area contributed by atoms with Gasteiger partial charge in [-0.25, -0.2) is 9.97 Å². The van der Waals surface area contributed by atoms with Crippen LogP contribution in [0.25, 0.3) is 21.7 Å². The number of fused-ring (bicyclic) bond motifs is 3. The Morgan fingerprint density at radius 1 is 1.16 bits per heavy atom. The summed E-state index contributed by atoms with van der Waals surface area (Å²) in [4.78, 5) is 11.6. The molecule has 7 heteroatoms. The third-order valence-corrected chi connectivity index (χ3v) is 6.62. The molecule has 0 amide bonds. The maximum absolute atomic E-state index is 5.37. The van der Waals surface area contributed by atoms with E-state index in [-0.39, 0.29) is 0 Å². The third kappa shape index (κ3) is 2.77. The van der Waals surface area contributed by atoms with Crippen LogP contribution in [-0.4, -0.2) is 15.1 Å². The Morgan fingerprint density at radius 2 is 2.12 bits per heavy atom. The topological polar surface area (TPSA) is 65.0 Å². The minimum Gasteiger partial charge on any atom is -0.461 e. The fourth-order valence-corrected chi connectivity index (χ4v) is 5.43. The molecule has 4 aromatic heterocycles. The van der Waals surface area contributed by atoms with Crippen molar-refractivity contribution in [2.24, 2.45) is 0 Å². The quantitative estimate of drug-likeness (QED) is 0.368. The molecule has 0 atom stereocenters. The van der Waals surface area contributed by atoms with E-state index in [0.717, 1.165) is 22.0 Å². The molecule has 0 unspecified atom stereocenters. The van der Waals surface area contributed by atoms with Gasteiger partial charge in [0.1, 0.15) is 16.2 Å². The maximum atomic E-state index is 5.37. The molecule has 0 radical (unpaired) electrons. The molecule has 5 nitrogen and oxygen atoms in total. The number of hydrogen-bond donors (Lipinski definition) is 0. The Balaban J connectivity index is 1.42. The van der Waals surface area contributed by atoms with Crippen LogP contribution in [0.1, 0.15) is 29.0 Å². The molecule has 1 aliphatic rings. The first-order valence-corrected chi connectivity index (χ1v) is 10.1. The highest BCUT2D eigenvalue weighted by atomic mass is 32.2. The summed E-state index contributed by atoms with van der Waals surface area (Å²) in [5.41, 5.74) is 2.35. The number of aryl methyl sites for hydroxylation is 2. The molecule has 0 bridgehead atoms. The van der Waals surface area contributed by atoms with E-state index >= 15 is 0 Å². The molecular formula is C18H15N3O2S2. The van der Waals surface area contributed by atoms with E-state index in [0.29, 0.717) is 17.3 Å². The molecule has 0 saturated heterocycles. The molecule has 4 aromatic rings. The molecule has 0 aliphatic heterocycles. The highest BCUT2D eigenvalue weighted by Crippen LogP contribution is 2.39. The summed E-state index contributed by atoms with van der Waals surface area (Å²) in [7, 11) is 0. The van der Waals surface area contributed by atoms with Gasteiger partial charge in [-0.15, -0.1) is 11.3 Å². The number of furan rings is 1. The van der Waals surface area contributed by atoms with Crippen LogP contribution in [0.4, 0.5) is 0 Å². The molecule has 0 saturated carbocycles. The molecule has 0 fully saturated rings. The van der Waals surface area contributed by atoms with Gasteiger partial charge < -0.3 is 8.94 Å². The molecule has 1 aliphatic carbocycles. The second-order valence-electron chi connectivity index (χ2n) is 6.02. The van der Waals surface area contributed by atoms with Crippen LogP contribution in [0, 0.1) is 0 Å². The summed E-state index contributed by atoms with van der Waals surface area (Å²) in [6.45, 7) is 0. The van der Waals surface area contributed by atoms with Gasteiger partial charge in [0, 0.05) is 22.1 Å². The van der Waals surface area contributed by atoms with Crippen molar-refractivity contribution in [2.45, 2.75) is 36.5 Å². The highest BCUT2D eigenvalue weighted by molar-refractivity contribution is 7.98. The normalized spacial score (nSPS) is 14.1. The molecule has 5 rings (SSSR count). The van der Waals surface area contributed by atoms with Crippen LogP contribution in [-0.2, 0) is 18.6 Å². The summed E-state index contributed by atoms with van der Waals surface area (Å²) < 4.78 is 10.7. The zero-order valence-corrected chi connectivity index (χ0v) is 15.0. The van der Waals surface area contributed by atoms with Gasteiger partial charge in [-0.1, -0.05) is 16.9 Å². The molecule has 126 valence electrons. The van der Waals surface area contributed by atoms with Crippen LogP contribution in [0.3, 0.4) is 0 Å². The standard InChI is InChI=1S/C18H15N3O2S2/c1-2-6-15-12(4-1)16-17(19-10-20-18(16)25-15)24-9-11-8-14(23-21-11)13-5-3-7-22-13/h3,5,7-8,10H,1-2,4,6,9H2. The summed E-state index contributed by atoms with van der Waals surface area (Å²) in [6, 6.07) is 5.62. The summed E-state index contributed by atoms with van der Waals surface area (Å²) in [5.74, 6) is 2.06. The Hall–Kier alpha value is -2.12. The zero-order chi connectivity index (χ0) is 16.6. The van der Waals surface area contributed by atoms with Gasteiger partial charge in [0.2, 0.25) is 5.76 Å². The second kappa shape index (κ2) is 6.31. The first-order valence-electron chi connectivity index (χ1n) is 8.26. The first-order chi connectivity index (χ1) is 12.4. The Kier molecular flexibility index (Phi) is 3.83. The monoisotopic (exact) mass is 369 g/mol. The van der Waals surface area contributed by atoms with Crippen LogP contribution in [0.5, 0.6) is 0 Å². The number of nitrogens with zero attached hydrogens (tertiary/aromatic N) is 3. The van der Waals surface area contributed by atoms with Crippen molar-refractivity contribution < 1.29 is 8.94 Å². The largest absolute Gasteiger partial charge is 0.461 e. The van der Waals surface area contributed by atoms with Crippen molar-refractivity contribution in [2.75, 3.05) is 0 Å². The molecule has 0 N–H and O–H groups in total. The van der Waals surface area contributed by atoms with Gasteiger partial charge >= 0.3 is 0 Å². The first kappa shape index (κ1) is 15.2. The van der Waals surface area contributed by atoms with Crippen molar-refractivity contribution in [1.82, 2.24) is 15.1 Å². The number of thioether (sulfide) groups is 1. The Bertz CT molecular complexity index is 1020. The van der Waals surface area contributed by atoms with Gasteiger partial charge in [-0.05, 0) is 43.4 Å². The molecular weight excluding hydrogens is 354 g/mol. The lowest BCUT2D eigenvalue weighted by Crippen LogP contribution is -1.99. The second-order valence-corrected chi connectivity index (χ2v) is 8.07. The average molecular weight is 369 g/mol. The Morgan fingerprint density at radius 3 is 3.04 bits per heavy atom. The maximum Gasteiger partial charge on any atom is 0.202 e. The van der Waals surface area contributed by atoms with E-state index < -0.39 is 0 Å². The lowest BCUT2D eigenvalue weighted by molar-refractivity contribution is 0.413. The molecule has 25 heavy (non-hydrogen) atoms. The number of aromatic nitrogens is 3. The fourth-order valence-electron chi connectivity index (χ4n) is 3.23. The molecule has 4 heterocycles. The lowest BCUT2D eigenvalue weighted by atomic mass is 9.97. The van der Waals surface area contributed by atoms with Gasteiger partial charge in [0.05, 0.1) is 12.0 Å². The SMILES string of the molecule is c1coc(-c2cc(CSc3ncnc4sc5c(c34)CCCC5)no2)c1. The van der Waals surface area contributed by atoms with E-state index in [4.69, 9.17) is 8.94 Å². The van der Waals surface area contributed by atoms with E-state index in [1.54, 1.807) is 24.4 Å². The average Bonchev–Trinajstić information content (AvgIpc) is 3.37. The van der Waals surface area contributed by atoms with Crippen molar-refractivity contribution in [3.63, 3.8) is 0 Å². The highest BCUT2D eigenvalue weighted by Gasteiger charge is 2.20. The predicted molar refractivity (Wildman–Crippen MR) is 97.8 cm³/mol. The van der Waals surface area contributed by atoms with Crippen LogP contribution in [0.2, 0.25) is 0 Å². The van der Waals surface area contributed by atoms with Gasteiger partial charge in [-0.3, -0.25) is 0 Å². The van der Waals surface area contributed by atoms with Crippen molar-refractivity contribution in [1.29, 1.82) is 0 Å². The summed E-state index contributed by atoms with van der Waals surface area (Å²) in [5, 5.41) is 6.45. The zero-order valence-electron chi connectivity index (χ0n) is 13.4. The lowest BCUT2D eigenvalue weighted by Gasteiger charge is -2.11. The van der Waals surface area contributed by atoms with Gasteiger partial charge in [-0.2, -0.15) is 0 Å². The van der Waals surface area contributed by atoms with Crippen LogP contribution >= 0.6 is 23.1 Å². The van der Waals surface area contributed by atoms with E-state index in [9.17, 15) is 0 Å². The third-order valence-electron chi connectivity index (χ3n) is 4.40. The van der Waals surface area contributed by atoms with E-state index in [1.165, 1.54) is 35.1 Å². The van der Waals surface area contributed by atoms with Crippen molar-refractivity contribution in [3.05, 3.63) is 46.9 Å². The van der Waals surface area contributed by atoms with Crippen molar-refractivity contribution >= 4 is 33.3 Å². The summed E-state index contributed by atoms with van der Waals surface area (Å²) >= 11 is 3.52. The van der Waals surface area contributed by atoms with Crippen LogP contribution in [0.15, 0.2) is 44.8 Å². The Labute approximate surface area is 152 Å². The predicted octanol–water partition coefficient (Wildman–Crippen LogP) is 5.11. The minimum absolute atomic E-state index is 0.654. The van der Waals surface area contributed by atoms with Gasteiger partial charge in [0.25, 0.3) is 0 Å². The molecule has 0 spiro atoms. The summed E-state index contributed by atoms with van der Waals surface area (Å²) in [6.07, 6.45) is 8.16. The number of thiophene rings is 1. The number of rotatable bonds is 4. The van der Waals surface area contributed by atoms with E-state index in [2.05, 4.69) is 15.1 Å². The minimum atomic E-state index is 0.654. The number of hydrogen-bond acceptors (Lipinski definition) is 7.